The van der Waals surface area contributed by atoms with Crippen LogP contribution >= 0.6 is 0 Å². The molecular weight excluding hydrogens is 216 g/mol. The zero-order chi connectivity index (χ0) is 13.8. The molecule has 0 spiro atoms. The van der Waals surface area contributed by atoms with Gasteiger partial charge in [0.05, 0.1) is 0 Å². The summed E-state index contributed by atoms with van der Waals surface area (Å²) in [5, 5.41) is 0. The van der Waals surface area contributed by atoms with Gasteiger partial charge in [0.25, 0.3) is 0 Å². The van der Waals surface area contributed by atoms with Crippen LogP contribution in [-0.2, 0) is 0 Å². The summed E-state index contributed by atoms with van der Waals surface area (Å²) in [4.78, 5) is 0. The molecule has 2 atom stereocenters. The average Bonchev–Trinajstić information content (AvgIpc) is 2.95. The highest BCUT2D eigenvalue weighted by Gasteiger charge is 2.38. The van der Waals surface area contributed by atoms with E-state index in [2.05, 4.69) is 41.5 Å². The Bertz CT molecular complexity index is 222. The fourth-order valence-electron chi connectivity index (χ4n) is 3.60. The summed E-state index contributed by atoms with van der Waals surface area (Å²) in [7, 11) is 0. The molecule has 0 aromatic carbocycles. The van der Waals surface area contributed by atoms with Gasteiger partial charge in [-0.05, 0) is 61.2 Å². The normalized spacial score (nSPS) is 28.7. The lowest BCUT2D eigenvalue weighted by Gasteiger charge is -2.38. The maximum Gasteiger partial charge on any atom is -0.0326 e. The van der Waals surface area contributed by atoms with E-state index in [4.69, 9.17) is 0 Å². The molecule has 2 rings (SSSR count). The van der Waals surface area contributed by atoms with Gasteiger partial charge in [-0.1, -0.05) is 54.4 Å². The van der Waals surface area contributed by atoms with Crippen LogP contribution in [0.15, 0.2) is 0 Å². The van der Waals surface area contributed by atoms with Crippen LogP contribution in [0.5, 0.6) is 0 Å². The van der Waals surface area contributed by atoms with Gasteiger partial charge in [-0.25, -0.2) is 0 Å². The van der Waals surface area contributed by atoms with Crippen molar-refractivity contribution in [3.8, 4) is 0 Å². The average molecular weight is 252 g/mol. The highest BCUT2D eigenvalue weighted by molar-refractivity contribution is 4.88. The van der Waals surface area contributed by atoms with E-state index in [1.807, 2.05) is 0 Å². The van der Waals surface area contributed by atoms with Crippen molar-refractivity contribution in [3.63, 3.8) is 0 Å². The van der Waals surface area contributed by atoms with Crippen molar-refractivity contribution in [2.24, 2.45) is 29.1 Å². The van der Waals surface area contributed by atoms with Crippen molar-refractivity contribution < 1.29 is 0 Å². The SMILES string of the molecule is CC(C)CC1CC1C(C)C.CCCC1(C)CCC1. The molecule has 2 unspecified atom stereocenters. The predicted octanol–water partition coefficient (Wildman–Crippen LogP) is 6.30. The standard InChI is InChI=1S/C10H20.C8H16/c1-7(2)5-9-6-10(9)8(3)4;1-3-5-8(2)6-4-7-8/h7-10H,5-6H2,1-4H3;3-7H2,1-2H3. The van der Waals surface area contributed by atoms with Crippen molar-refractivity contribution in [1.82, 2.24) is 0 Å². The molecule has 0 aliphatic heterocycles. The van der Waals surface area contributed by atoms with Gasteiger partial charge >= 0.3 is 0 Å². The van der Waals surface area contributed by atoms with E-state index in [0.29, 0.717) is 0 Å². The summed E-state index contributed by atoms with van der Waals surface area (Å²) in [6, 6.07) is 0. The van der Waals surface area contributed by atoms with E-state index in [1.165, 1.54) is 44.9 Å². The van der Waals surface area contributed by atoms with E-state index in [-0.39, 0.29) is 0 Å². The maximum absolute atomic E-state index is 2.42. The molecule has 2 aliphatic rings. The smallest absolute Gasteiger partial charge is 0.0326 e. The van der Waals surface area contributed by atoms with Gasteiger partial charge in [-0.3, -0.25) is 0 Å². The summed E-state index contributed by atoms with van der Waals surface area (Å²) in [5.74, 6) is 4.00. The van der Waals surface area contributed by atoms with Gasteiger partial charge in [0, 0.05) is 0 Å². The highest BCUT2D eigenvalue weighted by Crippen LogP contribution is 2.47. The number of hydrogen-bond donors (Lipinski definition) is 0. The summed E-state index contributed by atoms with van der Waals surface area (Å²) in [6.45, 7) is 14.1. The Morgan fingerprint density at radius 2 is 1.72 bits per heavy atom. The molecule has 0 heterocycles. The molecule has 0 heteroatoms. The molecule has 108 valence electrons. The van der Waals surface area contributed by atoms with E-state index in [1.54, 1.807) is 0 Å². The van der Waals surface area contributed by atoms with Crippen molar-refractivity contribution in [1.29, 1.82) is 0 Å². The van der Waals surface area contributed by atoms with Crippen molar-refractivity contribution in [2.75, 3.05) is 0 Å². The van der Waals surface area contributed by atoms with Crippen LogP contribution in [0.3, 0.4) is 0 Å². The second-order valence-corrected chi connectivity index (χ2v) is 7.95. The Hall–Kier alpha value is 0. The second-order valence-electron chi connectivity index (χ2n) is 7.95. The lowest BCUT2D eigenvalue weighted by Crippen LogP contribution is -2.24. The van der Waals surface area contributed by atoms with Gasteiger partial charge in [0.1, 0.15) is 0 Å². The molecule has 0 radical (unpaired) electrons. The first-order valence-electron chi connectivity index (χ1n) is 8.38. The molecule has 2 aliphatic carbocycles. The van der Waals surface area contributed by atoms with Gasteiger partial charge < -0.3 is 0 Å². The van der Waals surface area contributed by atoms with Gasteiger partial charge in [-0.2, -0.15) is 0 Å². The van der Waals surface area contributed by atoms with E-state index < -0.39 is 0 Å². The third kappa shape index (κ3) is 5.33. The molecule has 18 heavy (non-hydrogen) atoms. The first-order valence-corrected chi connectivity index (χ1v) is 8.38. The zero-order valence-corrected chi connectivity index (χ0v) is 13.8. The van der Waals surface area contributed by atoms with Crippen molar-refractivity contribution in [2.45, 2.75) is 86.5 Å². The fraction of sp³-hybridized carbons (Fsp3) is 1.00. The lowest BCUT2D eigenvalue weighted by atomic mass is 9.68. The third-order valence-electron chi connectivity index (χ3n) is 5.02. The molecule has 0 N–H and O–H groups in total. The lowest BCUT2D eigenvalue weighted by molar-refractivity contribution is 0.145. The molecule has 0 aromatic rings. The highest BCUT2D eigenvalue weighted by atomic mass is 14.4. The van der Waals surface area contributed by atoms with Crippen LogP contribution in [0.2, 0.25) is 0 Å². The van der Waals surface area contributed by atoms with Crippen molar-refractivity contribution in [3.05, 3.63) is 0 Å². The number of hydrogen-bond acceptors (Lipinski definition) is 0. The van der Waals surface area contributed by atoms with Crippen LogP contribution in [-0.4, -0.2) is 0 Å². The Balaban J connectivity index is 0.000000184. The summed E-state index contributed by atoms with van der Waals surface area (Å²) >= 11 is 0. The Morgan fingerprint density at radius 1 is 1.11 bits per heavy atom. The largest absolute Gasteiger partial charge is 0.0654 e. The van der Waals surface area contributed by atoms with Gasteiger partial charge in [0.15, 0.2) is 0 Å². The minimum atomic E-state index is 0.773. The molecule has 0 amide bonds. The third-order valence-corrected chi connectivity index (χ3v) is 5.02. The van der Waals surface area contributed by atoms with Crippen LogP contribution in [0.1, 0.15) is 86.5 Å². The van der Waals surface area contributed by atoms with Crippen LogP contribution < -0.4 is 0 Å². The Morgan fingerprint density at radius 3 is 1.94 bits per heavy atom. The van der Waals surface area contributed by atoms with E-state index in [9.17, 15) is 0 Å². The summed E-state index contributed by atoms with van der Waals surface area (Å²) in [5.41, 5.74) is 0.773. The molecular formula is C18H36. The topological polar surface area (TPSA) is 0 Å². The fourth-order valence-corrected chi connectivity index (χ4v) is 3.60. The molecule has 0 nitrogen and oxygen atoms in total. The molecule has 0 bridgehead atoms. The molecule has 2 fully saturated rings. The number of rotatable bonds is 5. The predicted molar refractivity (Wildman–Crippen MR) is 82.8 cm³/mol. The quantitative estimate of drug-likeness (QED) is 0.538. The Kier molecular flexibility index (Phi) is 6.21. The monoisotopic (exact) mass is 252 g/mol. The van der Waals surface area contributed by atoms with E-state index in [0.717, 1.165) is 29.1 Å². The van der Waals surface area contributed by atoms with Crippen LogP contribution in [0, 0.1) is 29.1 Å². The second kappa shape index (κ2) is 6.96. The van der Waals surface area contributed by atoms with Crippen molar-refractivity contribution >= 4 is 0 Å². The van der Waals surface area contributed by atoms with E-state index >= 15 is 0 Å². The minimum Gasteiger partial charge on any atom is -0.0654 e. The molecule has 0 saturated heterocycles. The summed E-state index contributed by atoms with van der Waals surface area (Å²) in [6.07, 6.45) is 10.3. The molecule has 0 aromatic heterocycles. The van der Waals surface area contributed by atoms with Crippen LogP contribution in [0.4, 0.5) is 0 Å². The Labute approximate surface area is 116 Å². The zero-order valence-electron chi connectivity index (χ0n) is 13.8. The van der Waals surface area contributed by atoms with Gasteiger partial charge in [0.2, 0.25) is 0 Å². The summed E-state index contributed by atoms with van der Waals surface area (Å²) < 4.78 is 0. The van der Waals surface area contributed by atoms with Crippen LogP contribution in [0.25, 0.3) is 0 Å². The van der Waals surface area contributed by atoms with Gasteiger partial charge in [-0.15, -0.1) is 0 Å². The minimum absolute atomic E-state index is 0.773. The first kappa shape index (κ1) is 16.1. The maximum atomic E-state index is 2.42. The first-order chi connectivity index (χ1) is 8.38. The molecule has 2 saturated carbocycles.